The first-order valence-corrected chi connectivity index (χ1v) is 8.84. The molecule has 138 valence electrons. The first-order chi connectivity index (χ1) is 12.8. The number of carbonyl (C=O) groups excluding carboxylic acids is 2. The summed E-state index contributed by atoms with van der Waals surface area (Å²) in [6.45, 7) is 1.78. The van der Waals surface area contributed by atoms with Gasteiger partial charge in [-0.25, -0.2) is 14.6 Å². The van der Waals surface area contributed by atoms with Crippen LogP contribution in [0.3, 0.4) is 0 Å². The maximum atomic E-state index is 12.0. The molecule has 0 spiro atoms. The molecule has 7 nitrogen and oxygen atoms in total. The lowest BCUT2D eigenvalue weighted by molar-refractivity contribution is -0.150. The average Bonchev–Trinajstić information content (AvgIpc) is 2.99. The van der Waals surface area contributed by atoms with E-state index in [1.807, 2.05) is 0 Å². The second kappa shape index (κ2) is 7.34. The Morgan fingerprint density at radius 3 is 2.48 bits per heavy atom. The summed E-state index contributed by atoms with van der Waals surface area (Å²) in [4.78, 5) is 39.9. The van der Waals surface area contributed by atoms with Crippen molar-refractivity contribution >= 4 is 56.7 Å². The molecule has 0 radical (unpaired) electrons. The van der Waals surface area contributed by atoms with E-state index in [-0.39, 0.29) is 10.6 Å². The number of nitrogens with one attached hydrogen (secondary N) is 1. The van der Waals surface area contributed by atoms with Crippen LogP contribution in [0.5, 0.6) is 0 Å². The number of anilines is 1. The van der Waals surface area contributed by atoms with Crippen LogP contribution in [0.25, 0.3) is 21.3 Å². The Morgan fingerprint density at radius 2 is 1.89 bits per heavy atom. The minimum atomic E-state index is -1.24. The lowest BCUT2D eigenvalue weighted by Crippen LogP contribution is -2.24. The van der Waals surface area contributed by atoms with Crippen molar-refractivity contribution in [3.63, 3.8) is 0 Å². The number of rotatable bonds is 3. The number of carboxylic acids is 1. The number of halogens is 1. The van der Waals surface area contributed by atoms with Gasteiger partial charge in [-0.2, -0.15) is 0 Å². The van der Waals surface area contributed by atoms with Crippen molar-refractivity contribution < 1.29 is 24.2 Å². The first kappa shape index (κ1) is 18.8. The normalized spacial score (nSPS) is 10.6. The van der Waals surface area contributed by atoms with Gasteiger partial charge in [-0.15, -0.1) is 11.3 Å². The van der Waals surface area contributed by atoms with E-state index in [9.17, 15) is 19.5 Å². The fraction of sp³-hybridized carbons (Fsp3) is 0.111. The summed E-state index contributed by atoms with van der Waals surface area (Å²) in [6, 6.07) is 8.74. The number of pyridine rings is 1. The molecule has 1 aromatic carbocycles. The topological polar surface area (TPSA) is 106 Å². The smallest absolute Gasteiger partial charge is 0.396 e. The summed E-state index contributed by atoms with van der Waals surface area (Å²) in [5.74, 6) is -3.43. The number of thiophene rings is 1. The van der Waals surface area contributed by atoms with E-state index in [0.29, 0.717) is 26.5 Å². The van der Waals surface area contributed by atoms with Crippen LogP contribution in [0.1, 0.15) is 15.4 Å². The van der Waals surface area contributed by atoms with Gasteiger partial charge in [-0.1, -0.05) is 23.7 Å². The van der Waals surface area contributed by atoms with E-state index < -0.39 is 17.8 Å². The average molecular weight is 405 g/mol. The van der Waals surface area contributed by atoms with Gasteiger partial charge in [-0.05, 0) is 36.2 Å². The highest BCUT2D eigenvalue weighted by Gasteiger charge is 2.26. The Bertz CT molecular complexity index is 1080. The van der Waals surface area contributed by atoms with Gasteiger partial charge in [0, 0.05) is 16.1 Å². The molecule has 0 bridgehead atoms. The summed E-state index contributed by atoms with van der Waals surface area (Å²) in [5, 5.41) is 12.9. The zero-order chi connectivity index (χ0) is 19.7. The Balaban J connectivity index is 2.29. The molecule has 0 atom stereocenters. The third-order valence-corrected chi connectivity index (χ3v) is 5.07. The standard InChI is InChI=1S/C18H13ClN2O5S/c1-8-7-11(9-3-5-10(19)6-4-9)12-13(21-15(22)18(25)26-2)14(17(23)24)27-16(12)20-8/h3-7H,1-2H3,(H,21,22)(H,23,24). The molecule has 2 aromatic heterocycles. The number of hydrogen-bond donors (Lipinski definition) is 2. The molecule has 0 aliphatic rings. The van der Waals surface area contributed by atoms with Crippen molar-refractivity contribution in [2.45, 2.75) is 6.92 Å². The van der Waals surface area contributed by atoms with Crippen molar-refractivity contribution in [1.82, 2.24) is 4.98 Å². The monoisotopic (exact) mass is 404 g/mol. The SMILES string of the molecule is COC(=O)C(=O)Nc1c(C(=O)O)sc2nc(C)cc(-c3ccc(Cl)cc3)c12. The summed E-state index contributed by atoms with van der Waals surface area (Å²) >= 11 is 6.86. The van der Waals surface area contributed by atoms with Crippen molar-refractivity contribution in [3.05, 3.63) is 45.9 Å². The van der Waals surface area contributed by atoms with Gasteiger partial charge in [-0.3, -0.25) is 4.79 Å². The molecular formula is C18H13ClN2O5S. The van der Waals surface area contributed by atoms with Crippen LogP contribution in [0.2, 0.25) is 5.02 Å². The Kier molecular flexibility index (Phi) is 5.11. The third-order valence-electron chi connectivity index (χ3n) is 3.75. The van der Waals surface area contributed by atoms with E-state index in [1.165, 1.54) is 0 Å². The Morgan fingerprint density at radius 1 is 1.22 bits per heavy atom. The van der Waals surface area contributed by atoms with Gasteiger partial charge < -0.3 is 15.2 Å². The third kappa shape index (κ3) is 3.62. The van der Waals surface area contributed by atoms with Crippen LogP contribution in [-0.4, -0.2) is 35.0 Å². The Hall–Kier alpha value is -2.97. The number of aryl methyl sites for hydroxylation is 1. The summed E-state index contributed by atoms with van der Waals surface area (Å²) in [7, 11) is 1.07. The van der Waals surface area contributed by atoms with Crippen LogP contribution in [0, 0.1) is 6.92 Å². The molecule has 0 saturated carbocycles. The van der Waals surface area contributed by atoms with Gasteiger partial charge in [0.25, 0.3) is 0 Å². The van der Waals surface area contributed by atoms with Crippen LogP contribution < -0.4 is 5.32 Å². The molecular weight excluding hydrogens is 392 g/mol. The predicted octanol–water partition coefficient (Wildman–Crippen LogP) is 3.73. The lowest BCUT2D eigenvalue weighted by atomic mass is 10.0. The molecule has 27 heavy (non-hydrogen) atoms. The van der Waals surface area contributed by atoms with Crippen molar-refractivity contribution in [3.8, 4) is 11.1 Å². The molecule has 0 fully saturated rings. The number of benzene rings is 1. The molecule has 1 amide bonds. The number of nitrogens with zero attached hydrogens (tertiary/aromatic N) is 1. The van der Waals surface area contributed by atoms with Gasteiger partial charge in [0.05, 0.1) is 12.8 Å². The largest absolute Gasteiger partial charge is 0.477 e. The summed E-state index contributed by atoms with van der Waals surface area (Å²) in [6.07, 6.45) is 0. The lowest BCUT2D eigenvalue weighted by Gasteiger charge is -2.09. The van der Waals surface area contributed by atoms with Gasteiger partial charge in [0.2, 0.25) is 0 Å². The number of esters is 1. The number of hydrogen-bond acceptors (Lipinski definition) is 6. The molecule has 0 unspecified atom stereocenters. The number of carbonyl (C=O) groups is 3. The van der Waals surface area contributed by atoms with Crippen molar-refractivity contribution in [2.75, 3.05) is 12.4 Å². The Labute approximate surface area is 162 Å². The number of carboxylic acid groups (broad SMARTS) is 1. The highest BCUT2D eigenvalue weighted by molar-refractivity contribution is 7.21. The molecule has 3 rings (SSSR count). The molecule has 3 aromatic rings. The zero-order valence-electron chi connectivity index (χ0n) is 14.2. The van der Waals surface area contributed by atoms with Crippen LogP contribution in [0.4, 0.5) is 5.69 Å². The van der Waals surface area contributed by atoms with E-state index >= 15 is 0 Å². The second-order valence-electron chi connectivity index (χ2n) is 5.56. The highest BCUT2D eigenvalue weighted by Crippen LogP contribution is 2.41. The van der Waals surface area contributed by atoms with E-state index in [4.69, 9.17) is 11.6 Å². The number of methoxy groups -OCH3 is 1. The molecule has 0 aliphatic heterocycles. The van der Waals surface area contributed by atoms with Crippen molar-refractivity contribution in [1.29, 1.82) is 0 Å². The van der Waals surface area contributed by atoms with E-state index in [0.717, 1.165) is 24.0 Å². The fourth-order valence-corrected chi connectivity index (χ4v) is 3.77. The maximum Gasteiger partial charge on any atom is 0.396 e. The summed E-state index contributed by atoms with van der Waals surface area (Å²) in [5.41, 5.74) is 2.11. The van der Waals surface area contributed by atoms with Gasteiger partial charge in [0.1, 0.15) is 9.71 Å². The maximum absolute atomic E-state index is 12.0. The van der Waals surface area contributed by atoms with Gasteiger partial charge in [0.15, 0.2) is 0 Å². The van der Waals surface area contributed by atoms with Crippen LogP contribution >= 0.6 is 22.9 Å². The van der Waals surface area contributed by atoms with E-state index in [1.54, 1.807) is 37.3 Å². The van der Waals surface area contributed by atoms with Crippen molar-refractivity contribution in [2.24, 2.45) is 0 Å². The number of aromatic carboxylic acids is 1. The van der Waals surface area contributed by atoms with E-state index in [2.05, 4.69) is 15.0 Å². The number of amides is 1. The second-order valence-corrected chi connectivity index (χ2v) is 6.99. The fourth-order valence-electron chi connectivity index (χ4n) is 2.61. The van der Waals surface area contributed by atoms with Gasteiger partial charge >= 0.3 is 17.8 Å². The number of aromatic nitrogens is 1. The predicted molar refractivity (Wildman–Crippen MR) is 102 cm³/mol. The first-order valence-electron chi connectivity index (χ1n) is 7.64. The van der Waals surface area contributed by atoms with Crippen LogP contribution in [-0.2, 0) is 14.3 Å². The summed E-state index contributed by atoms with van der Waals surface area (Å²) < 4.78 is 4.40. The minimum Gasteiger partial charge on any atom is -0.477 e. The quantitative estimate of drug-likeness (QED) is 0.509. The molecule has 2 N–H and O–H groups in total. The highest BCUT2D eigenvalue weighted by atomic mass is 35.5. The molecule has 0 aliphatic carbocycles. The molecule has 2 heterocycles. The number of fused-ring (bicyclic) bond motifs is 1. The minimum absolute atomic E-state index is 0.00958. The molecule has 9 heteroatoms. The van der Waals surface area contributed by atoms with Crippen LogP contribution in [0.15, 0.2) is 30.3 Å². The number of ether oxygens (including phenoxy) is 1. The molecule has 0 saturated heterocycles. The zero-order valence-corrected chi connectivity index (χ0v) is 15.8.